The maximum atomic E-state index is 13.1. The lowest BCUT2D eigenvalue weighted by molar-refractivity contribution is -0.138. The van der Waals surface area contributed by atoms with Crippen LogP contribution in [0.25, 0.3) is 0 Å². The number of amides is 2. The van der Waals surface area contributed by atoms with Gasteiger partial charge in [0, 0.05) is 19.3 Å². The summed E-state index contributed by atoms with van der Waals surface area (Å²) in [6.45, 7) is 4.51. The average molecular weight is 494 g/mol. The van der Waals surface area contributed by atoms with Crippen LogP contribution in [0.4, 0.5) is 24.9 Å². The van der Waals surface area contributed by atoms with Gasteiger partial charge in [-0.1, -0.05) is 0 Å². The van der Waals surface area contributed by atoms with E-state index < -0.39 is 23.7 Å². The van der Waals surface area contributed by atoms with Gasteiger partial charge < -0.3 is 20.5 Å². The molecular weight excluding hydrogens is 471 g/mol. The number of alkyl halides is 3. The van der Waals surface area contributed by atoms with Gasteiger partial charge >= 0.3 is 6.18 Å². The molecule has 0 aliphatic carbocycles. The number of hydrogen-bond donors (Lipinski definition) is 3. The first-order chi connectivity index (χ1) is 16.1. The molecule has 0 saturated carbocycles. The highest BCUT2D eigenvalue weighted by Gasteiger charge is 2.33. The first-order valence-electron chi connectivity index (χ1n) is 10.5. The molecular formula is C21H22F3N7O2S. The fourth-order valence-electron chi connectivity index (χ4n) is 3.52. The first kappa shape index (κ1) is 23.7. The largest absolute Gasteiger partial charge is 0.416 e. The Morgan fingerprint density at radius 3 is 2.71 bits per heavy atom. The van der Waals surface area contributed by atoms with Crippen LogP contribution in [-0.4, -0.2) is 37.9 Å². The third-order valence-electron chi connectivity index (χ3n) is 5.30. The van der Waals surface area contributed by atoms with Crippen molar-refractivity contribution in [3.63, 3.8) is 0 Å². The van der Waals surface area contributed by atoms with Crippen molar-refractivity contribution in [1.29, 1.82) is 0 Å². The van der Waals surface area contributed by atoms with Crippen molar-refractivity contribution in [1.82, 2.24) is 24.8 Å². The third-order valence-corrected chi connectivity index (χ3v) is 6.47. The molecule has 0 fully saturated rings. The Morgan fingerprint density at radius 1 is 1.15 bits per heavy atom. The summed E-state index contributed by atoms with van der Waals surface area (Å²) in [5.41, 5.74) is -0.482. The molecule has 0 aromatic carbocycles. The summed E-state index contributed by atoms with van der Waals surface area (Å²) < 4.78 is 41.2. The summed E-state index contributed by atoms with van der Waals surface area (Å²) in [5, 5.41) is 8.88. The quantitative estimate of drug-likeness (QED) is 0.495. The molecule has 4 heterocycles. The molecule has 0 saturated heterocycles. The van der Waals surface area contributed by atoms with E-state index >= 15 is 0 Å². The number of rotatable bonds is 5. The van der Waals surface area contributed by atoms with E-state index in [2.05, 4.69) is 30.9 Å². The number of nitrogens with zero attached hydrogens (tertiary/aromatic N) is 4. The number of hydrogen-bond acceptors (Lipinski definition) is 7. The smallest absolute Gasteiger partial charge is 0.356 e. The van der Waals surface area contributed by atoms with E-state index in [1.54, 1.807) is 6.92 Å². The lowest BCUT2D eigenvalue weighted by atomic mass is 10.1. The maximum Gasteiger partial charge on any atom is 0.416 e. The van der Waals surface area contributed by atoms with Crippen LogP contribution in [-0.2, 0) is 12.7 Å². The molecule has 9 nitrogen and oxygen atoms in total. The number of fused-ring (bicyclic) bond motifs is 1. The Bertz CT molecular complexity index is 1220. The highest BCUT2D eigenvalue weighted by Crippen LogP contribution is 2.33. The van der Waals surface area contributed by atoms with Gasteiger partial charge in [0.05, 0.1) is 24.0 Å². The first-order valence-corrected chi connectivity index (χ1v) is 11.4. The Balaban J connectivity index is 1.42. The molecule has 180 valence electrons. The molecule has 13 heteroatoms. The van der Waals surface area contributed by atoms with Gasteiger partial charge in [-0.05, 0) is 38.3 Å². The van der Waals surface area contributed by atoms with E-state index in [9.17, 15) is 22.8 Å². The molecule has 0 unspecified atom stereocenters. The summed E-state index contributed by atoms with van der Waals surface area (Å²) in [6, 6.07) is 0.291. The van der Waals surface area contributed by atoms with E-state index in [0.29, 0.717) is 23.2 Å². The number of anilines is 2. The van der Waals surface area contributed by atoms with Crippen molar-refractivity contribution < 1.29 is 22.8 Å². The van der Waals surface area contributed by atoms with Crippen LogP contribution in [0.1, 0.15) is 62.1 Å². The summed E-state index contributed by atoms with van der Waals surface area (Å²) in [5.74, 6) is -0.519. The number of aryl methyl sites for hydroxylation is 1. The van der Waals surface area contributed by atoms with Crippen LogP contribution in [0.2, 0.25) is 0 Å². The number of carbonyl (C=O) groups excluding carboxylic acids is 2. The minimum atomic E-state index is -4.55. The molecule has 3 aromatic rings. The number of imidazole rings is 1. The number of halogens is 3. The summed E-state index contributed by atoms with van der Waals surface area (Å²) in [4.78, 5) is 37.8. The molecule has 1 aliphatic heterocycles. The highest BCUT2D eigenvalue weighted by molar-refractivity contribution is 7.13. The molecule has 1 aliphatic rings. The van der Waals surface area contributed by atoms with Gasteiger partial charge in [-0.2, -0.15) is 13.2 Å². The molecule has 0 bridgehead atoms. The minimum Gasteiger partial charge on any atom is -0.356 e. The van der Waals surface area contributed by atoms with E-state index in [0.717, 1.165) is 43.0 Å². The topological polar surface area (TPSA) is 114 Å². The predicted octanol–water partition coefficient (Wildman–Crippen LogP) is 4.01. The Hall–Kier alpha value is -3.48. The normalized spacial score (nSPS) is 14.5. The van der Waals surface area contributed by atoms with Gasteiger partial charge in [0.1, 0.15) is 21.4 Å². The maximum absolute atomic E-state index is 13.1. The van der Waals surface area contributed by atoms with Crippen molar-refractivity contribution in [3.8, 4) is 0 Å². The molecule has 0 radical (unpaired) electrons. The van der Waals surface area contributed by atoms with Crippen LogP contribution in [0.5, 0.6) is 0 Å². The van der Waals surface area contributed by atoms with Crippen molar-refractivity contribution in [2.45, 2.75) is 45.5 Å². The van der Waals surface area contributed by atoms with Crippen LogP contribution >= 0.6 is 11.3 Å². The third kappa shape index (κ3) is 5.03. The van der Waals surface area contributed by atoms with Gasteiger partial charge in [0.25, 0.3) is 11.8 Å². The summed E-state index contributed by atoms with van der Waals surface area (Å²) in [6.07, 6.45) is 1.24. The molecule has 2 amide bonds. The lowest BCUT2D eigenvalue weighted by Crippen LogP contribution is -2.28. The Labute approximate surface area is 196 Å². The number of aromatic nitrogens is 4. The molecule has 0 spiro atoms. The van der Waals surface area contributed by atoms with Gasteiger partial charge in [-0.15, -0.1) is 11.3 Å². The molecule has 1 atom stereocenters. The molecule has 3 N–H and O–H groups in total. The van der Waals surface area contributed by atoms with Crippen LogP contribution in [0.15, 0.2) is 24.7 Å². The zero-order chi connectivity index (χ0) is 24.5. The second kappa shape index (κ2) is 9.41. The minimum absolute atomic E-state index is 0.0407. The summed E-state index contributed by atoms with van der Waals surface area (Å²) in [7, 11) is 0. The fraction of sp³-hybridized carbons (Fsp3) is 0.381. The monoisotopic (exact) mass is 493 g/mol. The number of carbonyl (C=O) groups is 2. The second-order valence-electron chi connectivity index (χ2n) is 7.85. The van der Waals surface area contributed by atoms with Crippen molar-refractivity contribution in [2.75, 3.05) is 17.2 Å². The fourth-order valence-corrected chi connectivity index (χ4v) is 4.34. The standard InChI is InChI=1S/C21H22F3N7O2S/c1-11-8-26-16(7-13(11)21(22,23)24)30-18(33)15-10-27-19(34-15)12(2)29-17(32)14-9-28-20-25-5-3-4-6-31(14)20/h7-10,12H,3-6H2,1-2H3,(H,25,28)(H,29,32)(H,26,30,33)/t12-/m1/s1. The van der Waals surface area contributed by atoms with Crippen LogP contribution in [0.3, 0.4) is 0 Å². The van der Waals surface area contributed by atoms with Crippen LogP contribution < -0.4 is 16.0 Å². The SMILES string of the molecule is Cc1cnc(NC(=O)c2cnc([C@@H](C)NC(=O)c3cnc4n3CCCCN4)s2)cc1C(F)(F)F. The van der Waals surface area contributed by atoms with E-state index in [4.69, 9.17) is 0 Å². The summed E-state index contributed by atoms with van der Waals surface area (Å²) >= 11 is 1.03. The van der Waals surface area contributed by atoms with Gasteiger partial charge in [-0.25, -0.2) is 15.0 Å². The van der Waals surface area contributed by atoms with Crippen molar-refractivity contribution in [2.24, 2.45) is 0 Å². The van der Waals surface area contributed by atoms with Crippen LogP contribution in [0, 0.1) is 6.92 Å². The number of thiazole rings is 1. The molecule has 3 aromatic heterocycles. The zero-order valence-electron chi connectivity index (χ0n) is 18.4. The number of pyridine rings is 1. The zero-order valence-corrected chi connectivity index (χ0v) is 19.2. The molecule has 4 rings (SSSR count). The Kier molecular flexibility index (Phi) is 6.55. The Morgan fingerprint density at radius 2 is 1.94 bits per heavy atom. The number of nitrogens with one attached hydrogen (secondary N) is 3. The van der Waals surface area contributed by atoms with Gasteiger partial charge in [0.15, 0.2) is 0 Å². The second-order valence-corrected chi connectivity index (χ2v) is 8.91. The van der Waals surface area contributed by atoms with Gasteiger partial charge in [0.2, 0.25) is 5.95 Å². The predicted molar refractivity (Wildman–Crippen MR) is 120 cm³/mol. The molecule has 34 heavy (non-hydrogen) atoms. The van der Waals surface area contributed by atoms with E-state index in [-0.39, 0.29) is 22.2 Å². The average Bonchev–Trinajstić information content (AvgIpc) is 3.36. The van der Waals surface area contributed by atoms with Crippen molar-refractivity contribution >= 4 is 34.9 Å². The lowest BCUT2D eigenvalue weighted by Gasteiger charge is -2.13. The highest BCUT2D eigenvalue weighted by atomic mass is 32.1. The van der Waals surface area contributed by atoms with E-state index in [1.165, 1.54) is 19.3 Å². The van der Waals surface area contributed by atoms with Gasteiger partial charge in [-0.3, -0.25) is 9.59 Å². The van der Waals surface area contributed by atoms with E-state index in [1.807, 2.05) is 4.57 Å². The van der Waals surface area contributed by atoms with Crippen molar-refractivity contribution in [3.05, 3.63) is 51.4 Å².